The van der Waals surface area contributed by atoms with Gasteiger partial charge in [-0.1, -0.05) is 30.4 Å². The van der Waals surface area contributed by atoms with Gasteiger partial charge in [0, 0.05) is 18.7 Å². The Bertz CT molecular complexity index is 586. The first-order valence-corrected chi connectivity index (χ1v) is 7.95. The molecular weight excluding hydrogens is 284 g/mol. The van der Waals surface area contributed by atoms with E-state index in [0.29, 0.717) is 24.1 Å². The lowest BCUT2D eigenvalue weighted by molar-refractivity contribution is 0.189. The summed E-state index contributed by atoms with van der Waals surface area (Å²) < 4.78 is 25.7. The largest absolute Gasteiger partial charge is 0.392 e. The van der Waals surface area contributed by atoms with E-state index in [0.717, 1.165) is 0 Å². The SMILES string of the molecule is NC(=S)c1cccc(CS(=O)(=O)N2CCC(O)C2)c1. The summed E-state index contributed by atoms with van der Waals surface area (Å²) >= 11 is 4.87. The minimum absolute atomic E-state index is 0.101. The van der Waals surface area contributed by atoms with Gasteiger partial charge in [0.05, 0.1) is 11.9 Å². The van der Waals surface area contributed by atoms with Crippen molar-refractivity contribution in [1.29, 1.82) is 0 Å². The predicted molar refractivity (Wildman–Crippen MR) is 77.2 cm³/mol. The van der Waals surface area contributed by atoms with Crippen molar-refractivity contribution < 1.29 is 13.5 Å². The van der Waals surface area contributed by atoms with Crippen molar-refractivity contribution in [1.82, 2.24) is 4.31 Å². The van der Waals surface area contributed by atoms with Crippen LogP contribution < -0.4 is 5.73 Å². The molecule has 1 heterocycles. The molecule has 0 saturated carbocycles. The predicted octanol–water partition coefficient (Wildman–Crippen LogP) is 0.217. The Kier molecular flexibility index (Phi) is 4.19. The molecule has 0 aromatic heterocycles. The standard InChI is InChI=1S/C12H16N2O3S2/c13-12(18)10-3-1-2-9(6-10)8-19(16,17)14-5-4-11(15)7-14/h1-3,6,11,15H,4-5,7-8H2,(H2,13,18). The topological polar surface area (TPSA) is 83.6 Å². The van der Waals surface area contributed by atoms with Crippen molar-refractivity contribution >= 4 is 27.2 Å². The number of sulfonamides is 1. The first-order valence-electron chi connectivity index (χ1n) is 5.93. The summed E-state index contributed by atoms with van der Waals surface area (Å²) in [6, 6.07) is 6.90. The minimum Gasteiger partial charge on any atom is -0.392 e. The fourth-order valence-corrected chi connectivity index (χ4v) is 3.77. The van der Waals surface area contributed by atoms with Crippen LogP contribution >= 0.6 is 12.2 Å². The summed E-state index contributed by atoms with van der Waals surface area (Å²) in [6.07, 6.45) is -0.0654. The normalized spacial score (nSPS) is 20.6. The van der Waals surface area contributed by atoms with Crippen LogP contribution in [0, 0.1) is 0 Å². The lowest BCUT2D eigenvalue weighted by atomic mass is 10.1. The van der Waals surface area contributed by atoms with Gasteiger partial charge in [-0.3, -0.25) is 0 Å². The van der Waals surface area contributed by atoms with Gasteiger partial charge in [-0.2, -0.15) is 4.31 Å². The van der Waals surface area contributed by atoms with E-state index in [2.05, 4.69) is 0 Å². The number of aliphatic hydroxyl groups excluding tert-OH is 1. The highest BCUT2D eigenvalue weighted by molar-refractivity contribution is 7.88. The van der Waals surface area contributed by atoms with Crippen LogP contribution in [-0.2, 0) is 15.8 Å². The smallest absolute Gasteiger partial charge is 0.218 e. The van der Waals surface area contributed by atoms with Crippen molar-refractivity contribution in [2.24, 2.45) is 5.73 Å². The Morgan fingerprint density at radius 1 is 1.53 bits per heavy atom. The molecule has 7 heteroatoms. The molecular formula is C12H16N2O3S2. The zero-order chi connectivity index (χ0) is 14.0. The number of β-amino-alcohol motifs (C(OH)–C–C–N with tert-alkyl or cyclic N) is 1. The minimum atomic E-state index is -3.40. The summed E-state index contributed by atoms with van der Waals surface area (Å²) in [4.78, 5) is 0.246. The summed E-state index contributed by atoms with van der Waals surface area (Å²) in [6.45, 7) is 0.551. The third-order valence-corrected chi connectivity index (χ3v) is 5.13. The van der Waals surface area contributed by atoms with Gasteiger partial charge in [0.2, 0.25) is 10.0 Å². The van der Waals surface area contributed by atoms with Gasteiger partial charge in [-0.05, 0) is 18.1 Å². The fraction of sp³-hybridized carbons (Fsp3) is 0.417. The molecule has 0 aliphatic carbocycles. The van der Waals surface area contributed by atoms with E-state index >= 15 is 0 Å². The molecule has 5 nitrogen and oxygen atoms in total. The molecule has 2 rings (SSSR count). The quantitative estimate of drug-likeness (QED) is 0.777. The fourth-order valence-electron chi connectivity index (χ4n) is 2.08. The summed E-state index contributed by atoms with van der Waals surface area (Å²) in [5, 5.41) is 9.41. The first-order chi connectivity index (χ1) is 8.88. The van der Waals surface area contributed by atoms with Crippen LogP contribution in [0.3, 0.4) is 0 Å². The lowest BCUT2D eigenvalue weighted by Gasteiger charge is -2.15. The van der Waals surface area contributed by atoms with E-state index in [1.165, 1.54) is 4.31 Å². The van der Waals surface area contributed by atoms with Crippen LogP contribution in [0.25, 0.3) is 0 Å². The van der Waals surface area contributed by atoms with Crippen LogP contribution in [0.4, 0.5) is 0 Å². The molecule has 0 amide bonds. The van der Waals surface area contributed by atoms with Crippen molar-refractivity contribution in [2.45, 2.75) is 18.3 Å². The number of thiocarbonyl (C=S) groups is 1. The van der Waals surface area contributed by atoms with Crippen molar-refractivity contribution in [3.63, 3.8) is 0 Å². The zero-order valence-electron chi connectivity index (χ0n) is 10.3. The highest BCUT2D eigenvalue weighted by Gasteiger charge is 2.30. The average molecular weight is 300 g/mol. The second-order valence-corrected chi connectivity index (χ2v) is 7.03. The van der Waals surface area contributed by atoms with Crippen LogP contribution in [0.1, 0.15) is 17.5 Å². The van der Waals surface area contributed by atoms with Gasteiger partial charge >= 0.3 is 0 Å². The monoisotopic (exact) mass is 300 g/mol. The number of nitrogens with zero attached hydrogens (tertiary/aromatic N) is 1. The number of hydrogen-bond donors (Lipinski definition) is 2. The second kappa shape index (κ2) is 5.54. The summed E-state index contributed by atoms with van der Waals surface area (Å²) in [7, 11) is -3.40. The van der Waals surface area contributed by atoms with Crippen molar-refractivity contribution in [3.05, 3.63) is 35.4 Å². The molecule has 1 aromatic rings. The summed E-state index contributed by atoms with van der Waals surface area (Å²) in [5.74, 6) is -0.101. The molecule has 1 aliphatic heterocycles. The van der Waals surface area contributed by atoms with E-state index < -0.39 is 16.1 Å². The van der Waals surface area contributed by atoms with Crippen LogP contribution in [0.15, 0.2) is 24.3 Å². The van der Waals surface area contributed by atoms with Crippen LogP contribution in [0.5, 0.6) is 0 Å². The van der Waals surface area contributed by atoms with E-state index in [1.54, 1.807) is 24.3 Å². The van der Waals surface area contributed by atoms with Gasteiger partial charge in [0.15, 0.2) is 0 Å². The maximum Gasteiger partial charge on any atom is 0.218 e. The first kappa shape index (κ1) is 14.4. The zero-order valence-corrected chi connectivity index (χ0v) is 12.0. The third-order valence-electron chi connectivity index (χ3n) is 3.08. The van der Waals surface area contributed by atoms with Gasteiger partial charge in [-0.25, -0.2) is 8.42 Å². The van der Waals surface area contributed by atoms with Crippen LogP contribution in [-0.4, -0.2) is 42.0 Å². The third kappa shape index (κ3) is 3.50. The molecule has 1 unspecified atom stereocenters. The number of nitrogens with two attached hydrogens (primary N) is 1. The molecule has 1 fully saturated rings. The summed E-state index contributed by atoms with van der Waals surface area (Å²) in [5.41, 5.74) is 6.83. The number of aliphatic hydroxyl groups is 1. The van der Waals surface area contributed by atoms with E-state index in [4.69, 9.17) is 18.0 Å². The Morgan fingerprint density at radius 3 is 2.84 bits per heavy atom. The molecule has 3 N–H and O–H groups in total. The molecule has 1 aliphatic rings. The highest BCUT2D eigenvalue weighted by atomic mass is 32.2. The highest BCUT2D eigenvalue weighted by Crippen LogP contribution is 2.18. The van der Waals surface area contributed by atoms with Crippen LogP contribution in [0.2, 0.25) is 0 Å². The molecule has 0 spiro atoms. The molecule has 19 heavy (non-hydrogen) atoms. The Hall–Kier alpha value is -1.02. The van der Waals surface area contributed by atoms with Gasteiger partial charge in [0.25, 0.3) is 0 Å². The van der Waals surface area contributed by atoms with E-state index in [1.807, 2.05) is 0 Å². The second-order valence-electron chi connectivity index (χ2n) is 4.62. The van der Waals surface area contributed by atoms with Gasteiger partial charge in [0.1, 0.15) is 4.99 Å². The van der Waals surface area contributed by atoms with E-state index in [-0.39, 0.29) is 17.3 Å². The molecule has 0 radical (unpaired) electrons. The maximum absolute atomic E-state index is 12.2. The number of rotatable bonds is 4. The molecule has 1 atom stereocenters. The van der Waals surface area contributed by atoms with Gasteiger partial charge in [-0.15, -0.1) is 0 Å². The molecule has 1 aromatic carbocycles. The molecule has 1 saturated heterocycles. The molecule has 104 valence electrons. The number of hydrogen-bond acceptors (Lipinski definition) is 4. The average Bonchev–Trinajstić information content (AvgIpc) is 2.76. The van der Waals surface area contributed by atoms with Crippen molar-refractivity contribution in [3.8, 4) is 0 Å². The Labute approximate surface area is 118 Å². The Balaban J connectivity index is 2.16. The van der Waals surface area contributed by atoms with E-state index in [9.17, 15) is 13.5 Å². The maximum atomic E-state index is 12.2. The molecule has 0 bridgehead atoms. The lowest BCUT2D eigenvalue weighted by Crippen LogP contribution is -2.30. The van der Waals surface area contributed by atoms with Crippen molar-refractivity contribution in [2.75, 3.05) is 13.1 Å². The van der Waals surface area contributed by atoms with Gasteiger partial charge < -0.3 is 10.8 Å². The Morgan fingerprint density at radius 2 is 2.26 bits per heavy atom. The number of benzene rings is 1.